The minimum atomic E-state index is 0.576. The van der Waals surface area contributed by atoms with E-state index in [2.05, 4.69) is 66.3 Å². The van der Waals surface area contributed by atoms with Gasteiger partial charge in [-0.05, 0) is 30.7 Å². The molecule has 2 aromatic rings. The summed E-state index contributed by atoms with van der Waals surface area (Å²) in [6.45, 7) is 4.61. The number of hydrogen-bond donors (Lipinski definition) is 0. The third-order valence-electron chi connectivity index (χ3n) is 7.82. The summed E-state index contributed by atoms with van der Waals surface area (Å²) in [5.41, 5.74) is 1.49. The van der Waals surface area contributed by atoms with E-state index in [-0.39, 0.29) is 0 Å². The quantitative estimate of drug-likeness (QED) is 0.145. The van der Waals surface area contributed by atoms with Gasteiger partial charge in [-0.25, -0.2) is 4.98 Å². The van der Waals surface area contributed by atoms with Crippen LogP contribution in [-0.2, 0) is 6.42 Å². The van der Waals surface area contributed by atoms with Crippen LogP contribution in [-0.4, -0.2) is 9.55 Å². The van der Waals surface area contributed by atoms with Crippen molar-refractivity contribution in [3.8, 4) is 0 Å². The standard InChI is InChI=1S/C33H56N2/c1-3-5-7-9-11-12-13-14-15-17-22-26-33(35-28-27-34-30-35)32(25-21-16-10-8-6-4-2)29-31-23-19-18-20-24-31/h18-20,23-24,27-28,30,32-33H,3-17,21-22,25-26,29H2,1-2H3. The number of imidazole rings is 1. The van der Waals surface area contributed by atoms with Crippen LogP contribution in [0.3, 0.4) is 0 Å². The summed E-state index contributed by atoms with van der Waals surface area (Å²) in [6, 6.07) is 11.8. The van der Waals surface area contributed by atoms with E-state index in [0.717, 1.165) is 0 Å². The second kappa shape index (κ2) is 20.6. The van der Waals surface area contributed by atoms with Crippen molar-refractivity contribution < 1.29 is 0 Å². The average molecular weight is 481 g/mol. The molecule has 2 rings (SSSR count). The Hall–Kier alpha value is -1.57. The van der Waals surface area contributed by atoms with Crippen LogP contribution in [0.1, 0.15) is 147 Å². The Morgan fingerprint density at radius 1 is 0.629 bits per heavy atom. The Morgan fingerprint density at radius 2 is 1.14 bits per heavy atom. The molecule has 0 saturated carbocycles. The first-order valence-corrected chi connectivity index (χ1v) is 15.4. The molecule has 1 aromatic carbocycles. The maximum absolute atomic E-state index is 4.43. The molecule has 0 spiro atoms. The van der Waals surface area contributed by atoms with Crippen molar-refractivity contribution in [1.82, 2.24) is 9.55 Å². The Kier molecular flexibility index (Phi) is 17.5. The van der Waals surface area contributed by atoms with Gasteiger partial charge in [-0.15, -0.1) is 0 Å². The highest BCUT2D eigenvalue weighted by Crippen LogP contribution is 2.32. The normalized spacial score (nSPS) is 13.2. The Bertz CT molecular complexity index is 678. The van der Waals surface area contributed by atoms with Crippen molar-refractivity contribution in [3.63, 3.8) is 0 Å². The van der Waals surface area contributed by atoms with Crippen molar-refractivity contribution in [3.05, 3.63) is 54.6 Å². The monoisotopic (exact) mass is 480 g/mol. The Morgan fingerprint density at radius 3 is 1.66 bits per heavy atom. The van der Waals surface area contributed by atoms with E-state index in [1.807, 2.05) is 6.20 Å². The van der Waals surface area contributed by atoms with E-state index in [4.69, 9.17) is 0 Å². The van der Waals surface area contributed by atoms with Crippen LogP contribution < -0.4 is 0 Å². The molecule has 1 heterocycles. The largest absolute Gasteiger partial charge is 0.334 e. The summed E-state index contributed by atoms with van der Waals surface area (Å²) in [4.78, 5) is 4.43. The van der Waals surface area contributed by atoms with Gasteiger partial charge >= 0.3 is 0 Å². The molecule has 0 saturated heterocycles. The van der Waals surface area contributed by atoms with E-state index in [1.54, 1.807) is 0 Å². The lowest BCUT2D eigenvalue weighted by Crippen LogP contribution is -2.21. The second-order valence-electron chi connectivity index (χ2n) is 10.9. The topological polar surface area (TPSA) is 17.8 Å². The molecule has 0 aliphatic rings. The zero-order valence-corrected chi connectivity index (χ0v) is 23.3. The maximum Gasteiger partial charge on any atom is 0.0948 e. The highest BCUT2D eigenvalue weighted by molar-refractivity contribution is 5.15. The lowest BCUT2D eigenvalue weighted by atomic mass is 9.84. The summed E-state index contributed by atoms with van der Waals surface area (Å²) in [5.74, 6) is 0.695. The van der Waals surface area contributed by atoms with Crippen LogP contribution in [0.2, 0.25) is 0 Å². The molecule has 2 heteroatoms. The van der Waals surface area contributed by atoms with Crippen LogP contribution >= 0.6 is 0 Å². The van der Waals surface area contributed by atoms with Crippen LogP contribution in [0.25, 0.3) is 0 Å². The number of rotatable bonds is 23. The predicted octanol–water partition coefficient (Wildman–Crippen LogP) is 10.7. The van der Waals surface area contributed by atoms with Gasteiger partial charge in [-0.3, -0.25) is 0 Å². The molecule has 1 aromatic heterocycles. The predicted molar refractivity (Wildman–Crippen MR) is 154 cm³/mol. The van der Waals surface area contributed by atoms with E-state index < -0.39 is 0 Å². The van der Waals surface area contributed by atoms with Gasteiger partial charge in [0.15, 0.2) is 0 Å². The van der Waals surface area contributed by atoms with Gasteiger partial charge in [0.25, 0.3) is 0 Å². The van der Waals surface area contributed by atoms with E-state index in [1.165, 1.54) is 134 Å². The van der Waals surface area contributed by atoms with Crippen molar-refractivity contribution in [2.75, 3.05) is 0 Å². The smallest absolute Gasteiger partial charge is 0.0948 e. The first kappa shape index (κ1) is 29.7. The molecule has 0 bridgehead atoms. The second-order valence-corrected chi connectivity index (χ2v) is 10.9. The van der Waals surface area contributed by atoms with Gasteiger partial charge in [0.1, 0.15) is 0 Å². The van der Waals surface area contributed by atoms with Crippen molar-refractivity contribution in [1.29, 1.82) is 0 Å². The first-order valence-electron chi connectivity index (χ1n) is 15.4. The van der Waals surface area contributed by atoms with Crippen LogP contribution in [0.4, 0.5) is 0 Å². The minimum Gasteiger partial charge on any atom is -0.334 e. The lowest BCUT2D eigenvalue weighted by molar-refractivity contribution is 0.275. The number of unbranched alkanes of at least 4 members (excludes halogenated alkanes) is 15. The van der Waals surface area contributed by atoms with E-state index in [0.29, 0.717) is 12.0 Å². The zero-order valence-electron chi connectivity index (χ0n) is 23.3. The maximum atomic E-state index is 4.43. The van der Waals surface area contributed by atoms with Gasteiger partial charge in [-0.1, -0.05) is 153 Å². The third kappa shape index (κ3) is 13.9. The molecule has 35 heavy (non-hydrogen) atoms. The molecule has 0 radical (unpaired) electrons. The van der Waals surface area contributed by atoms with Gasteiger partial charge < -0.3 is 4.57 Å². The number of benzene rings is 1. The van der Waals surface area contributed by atoms with E-state index >= 15 is 0 Å². The average Bonchev–Trinajstić information content (AvgIpc) is 3.42. The van der Waals surface area contributed by atoms with E-state index in [9.17, 15) is 0 Å². The molecule has 2 atom stereocenters. The minimum absolute atomic E-state index is 0.576. The fourth-order valence-corrected chi connectivity index (χ4v) is 5.65. The zero-order chi connectivity index (χ0) is 24.8. The summed E-state index contributed by atoms with van der Waals surface area (Å²) in [7, 11) is 0. The van der Waals surface area contributed by atoms with Crippen LogP contribution in [0.5, 0.6) is 0 Å². The molecular formula is C33H56N2. The Labute approximate surface area is 218 Å². The van der Waals surface area contributed by atoms with Crippen molar-refractivity contribution in [2.24, 2.45) is 5.92 Å². The molecule has 198 valence electrons. The molecule has 2 nitrogen and oxygen atoms in total. The number of aromatic nitrogens is 2. The van der Waals surface area contributed by atoms with Gasteiger partial charge in [-0.2, -0.15) is 0 Å². The number of nitrogens with zero attached hydrogens (tertiary/aromatic N) is 2. The molecule has 0 aliphatic heterocycles. The van der Waals surface area contributed by atoms with Crippen molar-refractivity contribution >= 4 is 0 Å². The molecule has 0 fully saturated rings. The summed E-state index contributed by atoms with van der Waals surface area (Å²) >= 11 is 0. The fraction of sp³-hybridized carbons (Fsp3) is 0.727. The summed E-state index contributed by atoms with van der Waals surface area (Å²) in [5, 5.41) is 0. The molecule has 0 amide bonds. The lowest BCUT2D eigenvalue weighted by Gasteiger charge is -2.29. The summed E-state index contributed by atoms with van der Waals surface area (Å²) < 4.78 is 2.43. The fourth-order valence-electron chi connectivity index (χ4n) is 5.65. The highest BCUT2D eigenvalue weighted by Gasteiger charge is 2.23. The third-order valence-corrected chi connectivity index (χ3v) is 7.82. The highest BCUT2D eigenvalue weighted by atomic mass is 15.1. The van der Waals surface area contributed by atoms with Gasteiger partial charge in [0.2, 0.25) is 0 Å². The Balaban J connectivity index is 1.81. The first-order chi connectivity index (χ1) is 17.3. The van der Waals surface area contributed by atoms with Crippen molar-refractivity contribution in [2.45, 2.75) is 148 Å². The van der Waals surface area contributed by atoms with Gasteiger partial charge in [0, 0.05) is 18.4 Å². The number of hydrogen-bond acceptors (Lipinski definition) is 1. The van der Waals surface area contributed by atoms with Crippen LogP contribution in [0, 0.1) is 5.92 Å². The molecule has 2 unspecified atom stereocenters. The van der Waals surface area contributed by atoms with Gasteiger partial charge in [0.05, 0.1) is 6.33 Å². The SMILES string of the molecule is CCCCCCCCCCCCCC(C(CCCCCCCC)Cc1ccccc1)n1ccnc1. The molecule has 0 N–H and O–H groups in total. The summed E-state index contributed by atoms with van der Waals surface area (Å²) in [6.07, 6.45) is 33.9. The molecular weight excluding hydrogens is 424 g/mol. The molecule has 0 aliphatic carbocycles. The van der Waals surface area contributed by atoms with Crippen LogP contribution in [0.15, 0.2) is 49.1 Å².